The minimum absolute atomic E-state index is 0.00336. The molecule has 118 valence electrons. The van der Waals surface area contributed by atoms with E-state index in [-0.39, 0.29) is 12.1 Å². The first-order chi connectivity index (χ1) is 11.1. The number of para-hydroxylation sites is 1. The lowest BCUT2D eigenvalue weighted by atomic mass is 10.0. The van der Waals surface area contributed by atoms with Crippen molar-refractivity contribution < 1.29 is 4.79 Å². The van der Waals surface area contributed by atoms with Gasteiger partial charge in [0.1, 0.15) is 4.60 Å². The van der Waals surface area contributed by atoms with Crippen molar-refractivity contribution in [1.82, 2.24) is 14.9 Å². The number of anilines is 1. The van der Waals surface area contributed by atoms with Crippen molar-refractivity contribution in [1.29, 1.82) is 0 Å². The van der Waals surface area contributed by atoms with E-state index in [4.69, 9.17) is 0 Å². The van der Waals surface area contributed by atoms with Gasteiger partial charge in [-0.1, -0.05) is 24.3 Å². The summed E-state index contributed by atoms with van der Waals surface area (Å²) in [6.07, 6.45) is 6.16. The molecule has 3 rings (SSSR count). The fourth-order valence-electron chi connectivity index (χ4n) is 2.65. The highest BCUT2D eigenvalue weighted by Crippen LogP contribution is 2.28. The summed E-state index contributed by atoms with van der Waals surface area (Å²) in [6.45, 7) is 2.66. The van der Waals surface area contributed by atoms with Crippen molar-refractivity contribution in [3.05, 3.63) is 59.1 Å². The van der Waals surface area contributed by atoms with E-state index >= 15 is 0 Å². The summed E-state index contributed by atoms with van der Waals surface area (Å²) in [5.41, 5.74) is 2.76. The van der Waals surface area contributed by atoms with Gasteiger partial charge in [-0.3, -0.25) is 4.98 Å². The van der Waals surface area contributed by atoms with Crippen LogP contribution in [0.4, 0.5) is 10.5 Å². The SMILES string of the molecule is C[C@@H]1C=C(c2nccnc2Br)CCN1C(=O)Nc1ccccc1. The predicted octanol–water partition coefficient (Wildman–Crippen LogP) is 3.95. The number of hydrogen-bond donors (Lipinski definition) is 1. The van der Waals surface area contributed by atoms with Gasteiger partial charge in [-0.05, 0) is 47.0 Å². The predicted molar refractivity (Wildman–Crippen MR) is 94.0 cm³/mol. The summed E-state index contributed by atoms with van der Waals surface area (Å²) in [4.78, 5) is 22.8. The number of urea groups is 1. The van der Waals surface area contributed by atoms with Crippen LogP contribution in [-0.2, 0) is 0 Å². The second kappa shape index (κ2) is 6.91. The van der Waals surface area contributed by atoms with Crippen LogP contribution in [0.3, 0.4) is 0 Å². The van der Waals surface area contributed by atoms with E-state index in [1.807, 2.05) is 42.2 Å². The Morgan fingerprint density at radius 2 is 2.00 bits per heavy atom. The average Bonchev–Trinajstić information content (AvgIpc) is 2.56. The molecular formula is C17H17BrN4O. The Balaban J connectivity index is 1.73. The van der Waals surface area contributed by atoms with Gasteiger partial charge in [0, 0.05) is 30.7 Å². The molecule has 0 aliphatic carbocycles. The van der Waals surface area contributed by atoms with Crippen LogP contribution in [0.15, 0.2) is 53.4 Å². The molecule has 2 amide bonds. The molecule has 1 aromatic carbocycles. The zero-order chi connectivity index (χ0) is 16.2. The lowest BCUT2D eigenvalue weighted by molar-refractivity contribution is 0.202. The van der Waals surface area contributed by atoms with Crippen LogP contribution in [0.1, 0.15) is 19.0 Å². The van der Waals surface area contributed by atoms with Crippen molar-refractivity contribution in [3.63, 3.8) is 0 Å². The number of hydrogen-bond acceptors (Lipinski definition) is 3. The topological polar surface area (TPSA) is 58.1 Å². The fourth-order valence-corrected chi connectivity index (χ4v) is 3.12. The average molecular weight is 373 g/mol. The molecule has 5 nitrogen and oxygen atoms in total. The summed E-state index contributed by atoms with van der Waals surface area (Å²) in [5, 5.41) is 2.93. The van der Waals surface area contributed by atoms with Gasteiger partial charge in [-0.25, -0.2) is 9.78 Å². The van der Waals surface area contributed by atoms with Crippen molar-refractivity contribution in [2.45, 2.75) is 19.4 Å². The quantitative estimate of drug-likeness (QED) is 0.867. The van der Waals surface area contributed by atoms with Crippen LogP contribution < -0.4 is 5.32 Å². The third kappa shape index (κ3) is 3.59. The Bertz CT molecular complexity index is 732. The third-order valence-electron chi connectivity index (χ3n) is 3.80. The van der Waals surface area contributed by atoms with Gasteiger partial charge in [-0.2, -0.15) is 0 Å². The van der Waals surface area contributed by atoms with Gasteiger partial charge < -0.3 is 10.2 Å². The standard InChI is InChI=1S/C17H17BrN4O/c1-12-11-13(15-16(18)20-9-8-19-15)7-10-22(12)17(23)21-14-5-3-2-4-6-14/h2-6,8-9,11-12H,7,10H2,1H3,(H,21,23)/t12-/m1/s1. The van der Waals surface area contributed by atoms with Crippen molar-refractivity contribution in [2.24, 2.45) is 0 Å². The summed E-state index contributed by atoms with van der Waals surface area (Å²) < 4.78 is 0.737. The number of nitrogens with one attached hydrogen (secondary N) is 1. The van der Waals surface area contributed by atoms with Crippen LogP contribution in [0.2, 0.25) is 0 Å². The first kappa shape index (κ1) is 15.7. The molecule has 2 aromatic rings. The number of aromatic nitrogens is 2. The molecule has 1 atom stereocenters. The van der Waals surface area contributed by atoms with Crippen LogP contribution >= 0.6 is 15.9 Å². The summed E-state index contributed by atoms with van der Waals surface area (Å²) in [5.74, 6) is 0. The third-order valence-corrected chi connectivity index (χ3v) is 4.38. The Kier molecular flexibility index (Phi) is 4.71. The van der Waals surface area contributed by atoms with Crippen molar-refractivity contribution in [2.75, 3.05) is 11.9 Å². The lowest BCUT2D eigenvalue weighted by Gasteiger charge is -2.32. The van der Waals surface area contributed by atoms with E-state index in [1.54, 1.807) is 12.4 Å². The second-order valence-corrected chi connectivity index (χ2v) is 6.12. The molecule has 2 heterocycles. The van der Waals surface area contributed by atoms with Crippen LogP contribution in [0, 0.1) is 0 Å². The molecule has 0 radical (unpaired) electrons. The first-order valence-electron chi connectivity index (χ1n) is 7.45. The number of halogens is 1. The summed E-state index contributed by atoms with van der Waals surface area (Å²) >= 11 is 3.43. The van der Waals surface area contributed by atoms with Crippen molar-refractivity contribution in [3.8, 4) is 0 Å². The molecule has 6 heteroatoms. The Morgan fingerprint density at radius 3 is 2.70 bits per heavy atom. The summed E-state index contributed by atoms with van der Waals surface area (Å²) in [6, 6.07) is 9.40. The van der Waals surface area contributed by atoms with Gasteiger partial charge in [0.05, 0.1) is 5.69 Å². The molecular weight excluding hydrogens is 356 g/mol. The van der Waals surface area contributed by atoms with E-state index in [9.17, 15) is 4.79 Å². The minimum atomic E-state index is -0.0859. The molecule has 0 bridgehead atoms. The molecule has 0 spiro atoms. The minimum Gasteiger partial charge on any atom is -0.318 e. The number of carbonyl (C=O) groups excluding carboxylic acids is 1. The highest BCUT2D eigenvalue weighted by Gasteiger charge is 2.25. The molecule has 0 saturated heterocycles. The molecule has 1 aromatic heterocycles. The van der Waals surface area contributed by atoms with Gasteiger partial charge in [0.25, 0.3) is 0 Å². The Labute approximate surface area is 143 Å². The van der Waals surface area contributed by atoms with Crippen LogP contribution in [0.25, 0.3) is 5.57 Å². The number of nitrogens with zero attached hydrogens (tertiary/aromatic N) is 3. The maximum Gasteiger partial charge on any atom is 0.322 e. The summed E-state index contributed by atoms with van der Waals surface area (Å²) in [7, 11) is 0. The smallest absolute Gasteiger partial charge is 0.318 e. The Morgan fingerprint density at radius 1 is 1.26 bits per heavy atom. The van der Waals surface area contributed by atoms with E-state index in [2.05, 4.69) is 37.3 Å². The molecule has 23 heavy (non-hydrogen) atoms. The maximum atomic E-state index is 12.4. The van der Waals surface area contributed by atoms with Crippen LogP contribution in [0.5, 0.6) is 0 Å². The van der Waals surface area contributed by atoms with Crippen LogP contribution in [-0.4, -0.2) is 33.5 Å². The molecule has 0 unspecified atom stereocenters. The monoisotopic (exact) mass is 372 g/mol. The van der Waals surface area contributed by atoms with E-state index in [0.29, 0.717) is 6.54 Å². The van der Waals surface area contributed by atoms with Gasteiger partial charge in [-0.15, -0.1) is 0 Å². The van der Waals surface area contributed by atoms with E-state index in [1.165, 1.54) is 0 Å². The first-order valence-corrected chi connectivity index (χ1v) is 8.24. The highest BCUT2D eigenvalue weighted by molar-refractivity contribution is 9.10. The zero-order valence-corrected chi connectivity index (χ0v) is 14.3. The highest BCUT2D eigenvalue weighted by atomic mass is 79.9. The molecule has 0 fully saturated rings. The van der Waals surface area contributed by atoms with Gasteiger partial charge >= 0.3 is 6.03 Å². The number of benzene rings is 1. The van der Waals surface area contributed by atoms with Gasteiger partial charge in [0.2, 0.25) is 0 Å². The zero-order valence-electron chi connectivity index (χ0n) is 12.7. The molecule has 0 saturated carbocycles. The second-order valence-electron chi connectivity index (χ2n) is 5.37. The number of rotatable bonds is 2. The molecule has 1 aliphatic rings. The van der Waals surface area contributed by atoms with E-state index < -0.39 is 0 Å². The fraction of sp³-hybridized carbons (Fsp3) is 0.235. The molecule has 1 aliphatic heterocycles. The maximum absolute atomic E-state index is 12.4. The Hall–Kier alpha value is -2.21. The van der Waals surface area contributed by atoms with Gasteiger partial charge in [0.15, 0.2) is 0 Å². The lowest BCUT2D eigenvalue weighted by Crippen LogP contribution is -2.43. The normalized spacial score (nSPS) is 17.6. The van der Waals surface area contributed by atoms with Crippen molar-refractivity contribution >= 4 is 33.2 Å². The molecule has 1 N–H and O–H groups in total. The number of amides is 2. The largest absolute Gasteiger partial charge is 0.322 e. The van der Waals surface area contributed by atoms with E-state index in [0.717, 1.165) is 28.0 Å². The number of carbonyl (C=O) groups is 1.